The molecular formula is C21H24N2O3. The first kappa shape index (κ1) is 18.1. The standard InChI is InChI=1S/C21H24N2O3/c22-9-1-2-10-24-19-6-3-5-17(13-19)15-23-16-18-7-8-20-21(14-18)26-12-4-11-25-20/h3,5-8,13-14,23H,1-2,4,10-12,15-16H2. The van der Waals surface area contributed by atoms with Gasteiger partial charge in [-0.15, -0.1) is 0 Å². The zero-order chi connectivity index (χ0) is 18.0. The van der Waals surface area contributed by atoms with Crippen molar-refractivity contribution in [2.24, 2.45) is 0 Å². The quantitative estimate of drug-likeness (QED) is 0.732. The third kappa shape index (κ3) is 5.40. The van der Waals surface area contributed by atoms with Gasteiger partial charge in [0, 0.05) is 25.9 Å². The van der Waals surface area contributed by atoms with Crippen molar-refractivity contribution in [3.05, 3.63) is 53.6 Å². The van der Waals surface area contributed by atoms with E-state index in [1.165, 1.54) is 0 Å². The maximum Gasteiger partial charge on any atom is 0.161 e. The number of hydrogen-bond acceptors (Lipinski definition) is 5. The molecule has 1 heterocycles. The summed E-state index contributed by atoms with van der Waals surface area (Å²) >= 11 is 0. The predicted octanol–water partition coefficient (Wildman–Crippen LogP) is 3.82. The second kappa shape index (κ2) is 9.69. The van der Waals surface area contributed by atoms with Crippen molar-refractivity contribution in [3.63, 3.8) is 0 Å². The zero-order valence-electron chi connectivity index (χ0n) is 14.9. The Labute approximate surface area is 154 Å². The van der Waals surface area contributed by atoms with Crippen LogP contribution in [0.15, 0.2) is 42.5 Å². The van der Waals surface area contributed by atoms with Gasteiger partial charge >= 0.3 is 0 Å². The van der Waals surface area contributed by atoms with Crippen LogP contribution >= 0.6 is 0 Å². The summed E-state index contributed by atoms with van der Waals surface area (Å²) in [5.74, 6) is 2.50. The molecule has 0 saturated heterocycles. The largest absolute Gasteiger partial charge is 0.494 e. The van der Waals surface area contributed by atoms with Gasteiger partial charge in [-0.05, 0) is 41.8 Å². The second-order valence-corrected chi connectivity index (χ2v) is 6.19. The number of nitrogens with one attached hydrogen (secondary N) is 1. The van der Waals surface area contributed by atoms with Crippen molar-refractivity contribution in [3.8, 4) is 23.3 Å². The normalized spacial score (nSPS) is 12.9. The van der Waals surface area contributed by atoms with E-state index in [2.05, 4.69) is 23.5 Å². The predicted molar refractivity (Wildman–Crippen MR) is 99.4 cm³/mol. The Balaban J connectivity index is 1.49. The highest BCUT2D eigenvalue weighted by Gasteiger charge is 2.10. The van der Waals surface area contributed by atoms with E-state index in [4.69, 9.17) is 19.5 Å². The molecule has 0 spiro atoms. The van der Waals surface area contributed by atoms with Gasteiger partial charge in [-0.2, -0.15) is 5.26 Å². The molecule has 0 atom stereocenters. The molecule has 0 unspecified atom stereocenters. The van der Waals surface area contributed by atoms with Crippen LogP contribution in [0.1, 0.15) is 30.4 Å². The molecule has 0 fully saturated rings. The summed E-state index contributed by atoms with van der Waals surface area (Å²) in [6, 6.07) is 16.3. The maximum atomic E-state index is 8.55. The lowest BCUT2D eigenvalue weighted by molar-refractivity contribution is 0.297. The molecule has 136 valence electrons. The number of benzene rings is 2. The van der Waals surface area contributed by atoms with E-state index in [0.717, 1.165) is 54.3 Å². The van der Waals surface area contributed by atoms with Gasteiger partial charge in [-0.25, -0.2) is 0 Å². The average molecular weight is 352 g/mol. The number of rotatable bonds is 8. The molecule has 1 N–H and O–H groups in total. The third-order valence-corrected chi connectivity index (χ3v) is 4.07. The molecule has 3 rings (SSSR count). The second-order valence-electron chi connectivity index (χ2n) is 6.19. The van der Waals surface area contributed by atoms with E-state index >= 15 is 0 Å². The molecule has 1 aliphatic heterocycles. The van der Waals surface area contributed by atoms with Crippen LogP contribution in [-0.4, -0.2) is 19.8 Å². The fraction of sp³-hybridized carbons (Fsp3) is 0.381. The van der Waals surface area contributed by atoms with Crippen LogP contribution < -0.4 is 19.5 Å². The number of fused-ring (bicyclic) bond motifs is 1. The molecule has 0 bridgehead atoms. The molecule has 0 amide bonds. The van der Waals surface area contributed by atoms with Gasteiger partial charge in [0.05, 0.1) is 25.9 Å². The summed E-state index contributed by atoms with van der Waals surface area (Å²) in [6.07, 6.45) is 2.19. The van der Waals surface area contributed by atoms with Gasteiger partial charge in [-0.1, -0.05) is 18.2 Å². The average Bonchev–Trinajstić information content (AvgIpc) is 2.91. The minimum atomic E-state index is 0.525. The Kier molecular flexibility index (Phi) is 6.74. The first-order valence-electron chi connectivity index (χ1n) is 9.03. The van der Waals surface area contributed by atoms with E-state index in [0.29, 0.717) is 26.2 Å². The van der Waals surface area contributed by atoms with Crippen LogP contribution in [0.5, 0.6) is 17.2 Å². The van der Waals surface area contributed by atoms with Gasteiger partial charge in [0.25, 0.3) is 0 Å². The van der Waals surface area contributed by atoms with Crippen molar-refractivity contribution in [2.45, 2.75) is 32.4 Å². The summed E-state index contributed by atoms with van der Waals surface area (Å²) in [5.41, 5.74) is 2.33. The summed E-state index contributed by atoms with van der Waals surface area (Å²) in [7, 11) is 0. The summed E-state index contributed by atoms with van der Waals surface area (Å²) in [6.45, 7) is 3.49. The van der Waals surface area contributed by atoms with Gasteiger partial charge in [-0.3, -0.25) is 0 Å². The number of nitriles is 1. The van der Waals surface area contributed by atoms with E-state index < -0.39 is 0 Å². The Morgan fingerprint density at radius 1 is 1.00 bits per heavy atom. The Hall–Kier alpha value is -2.71. The van der Waals surface area contributed by atoms with E-state index in [1.54, 1.807) is 0 Å². The molecule has 5 heteroatoms. The molecular weight excluding hydrogens is 328 g/mol. The van der Waals surface area contributed by atoms with Crippen molar-refractivity contribution in [2.75, 3.05) is 19.8 Å². The van der Waals surface area contributed by atoms with Crippen LogP contribution in [-0.2, 0) is 13.1 Å². The molecule has 2 aromatic rings. The Morgan fingerprint density at radius 2 is 1.81 bits per heavy atom. The van der Waals surface area contributed by atoms with Crippen molar-refractivity contribution in [1.29, 1.82) is 5.26 Å². The molecule has 0 aliphatic carbocycles. The van der Waals surface area contributed by atoms with E-state index in [1.807, 2.05) is 30.3 Å². The van der Waals surface area contributed by atoms with E-state index in [9.17, 15) is 0 Å². The first-order valence-corrected chi connectivity index (χ1v) is 9.03. The SMILES string of the molecule is N#CCCCOc1cccc(CNCc2ccc3c(c2)OCCCO3)c1. The zero-order valence-corrected chi connectivity index (χ0v) is 14.9. The minimum Gasteiger partial charge on any atom is -0.494 e. The molecule has 26 heavy (non-hydrogen) atoms. The van der Waals surface area contributed by atoms with Crippen LogP contribution in [0.4, 0.5) is 0 Å². The Bertz CT molecular complexity index is 755. The highest BCUT2D eigenvalue weighted by Crippen LogP contribution is 2.30. The van der Waals surface area contributed by atoms with Crippen molar-refractivity contribution < 1.29 is 14.2 Å². The highest BCUT2D eigenvalue weighted by molar-refractivity contribution is 5.43. The van der Waals surface area contributed by atoms with E-state index in [-0.39, 0.29) is 0 Å². The topological polar surface area (TPSA) is 63.5 Å². The van der Waals surface area contributed by atoms with Crippen LogP contribution in [0.2, 0.25) is 0 Å². The molecule has 0 radical (unpaired) electrons. The number of nitrogens with zero attached hydrogens (tertiary/aromatic N) is 1. The molecule has 2 aromatic carbocycles. The fourth-order valence-corrected chi connectivity index (χ4v) is 2.76. The Morgan fingerprint density at radius 3 is 2.65 bits per heavy atom. The van der Waals surface area contributed by atoms with Gasteiger partial charge < -0.3 is 19.5 Å². The number of ether oxygens (including phenoxy) is 3. The van der Waals surface area contributed by atoms with Gasteiger partial charge in [0.2, 0.25) is 0 Å². The summed E-state index contributed by atoms with van der Waals surface area (Å²) in [4.78, 5) is 0. The molecule has 5 nitrogen and oxygen atoms in total. The lowest BCUT2D eigenvalue weighted by Crippen LogP contribution is -2.13. The highest BCUT2D eigenvalue weighted by atomic mass is 16.5. The fourth-order valence-electron chi connectivity index (χ4n) is 2.76. The van der Waals surface area contributed by atoms with Crippen molar-refractivity contribution >= 4 is 0 Å². The first-order chi connectivity index (χ1) is 12.8. The lowest BCUT2D eigenvalue weighted by Gasteiger charge is -2.11. The molecule has 0 aromatic heterocycles. The molecule has 0 saturated carbocycles. The monoisotopic (exact) mass is 352 g/mol. The van der Waals surface area contributed by atoms with Gasteiger partial charge in [0.15, 0.2) is 11.5 Å². The lowest BCUT2D eigenvalue weighted by atomic mass is 10.1. The number of unbranched alkanes of at least 4 members (excludes halogenated alkanes) is 1. The van der Waals surface area contributed by atoms with Crippen LogP contribution in [0.3, 0.4) is 0 Å². The summed E-state index contributed by atoms with van der Waals surface area (Å²) in [5, 5.41) is 12.0. The maximum absolute atomic E-state index is 8.55. The number of hydrogen-bond donors (Lipinski definition) is 1. The van der Waals surface area contributed by atoms with Crippen LogP contribution in [0.25, 0.3) is 0 Å². The molecule has 1 aliphatic rings. The van der Waals surface area contributed by atoms with Crippen molar-refractivity contribution in [1.82, 2.24) is 5.32 Å². The minimum absolute atomic E-state index is 0.525. The van der Waals surface area contributed by atoms with Crippen LogP contribution in [0, 0.1) is 11.3 Å². The smallest absolute Gasteiger partial charge is 0.161 e. The third-order valence-electron chi connectivity index (χ3n) is 4.07. The van der Waals surface area contributed by atoms with Gasteiger partial charge in [0.1, 0.15) is 5.75 Å². The summed E-state index contributed by atoms with van der Waals surface area (Å²) < 4.78 is 17.1.